The number of hydrogen-bond donors (Lipinski definition) is 3. The van der Waals surface area contributed by atoms with Crippen LogP contribution in [0.15, 0.2) is 18.2 Å². The molecule has 0 saturated carbocycles. The lowest BCUT2D eigenvalue weighted by molar-refractivity contribution is 0.233. The number of benzene rings is 1. The van der Waals surface area contributed by atoms with E-state index in [2.05, 4.69) is 42.7 Å². The van der Waals surface area contributed by atoms with E-state index in [-0.39, 0.29) is 18.7 Å². The predicted octanol–water partition coefficient (Wildman–Crippen LogP) is 2.87. The molecule has 2 amide bonds. The highest BCUT2D eigenvalue weighted by Gasteiger charge is 2.22. The van der Waals surface area contributed by atoms with E-state index >= 15 is 0 Å². The Bertz CT molecular complexity index is 486. The van der Waals surface area contributed by atoms with Crippen molar-refractivity contribution in [2.24, 2.45) is 0 Å². The first-order chi connectivity index (χ1) is 10.1. The maximum absolute atomic E-state index is 11.9. The Labute approximate surface area is 126 Å². The second-order valence-electron chi connectivity index (χ2n) is 6.04. The molecule has 0 bridgehead atoms. The number of amides is 2. The summed E-state index contributed by atoms with van der Waals surface area (Å²) in [7, 11) is 0. The molecule has 4 nitrogen and oxygen atoms in total. The normalized spacial score (nSPS) is 17.4. The van der Waals surface area contributed by atoms with Gasteiger partial charge in [0.15, 0.2) is 0 Å². The van der Waals surface area contributed by atoms with Gasteiger partial charge in [-0.25, -0.2) is 4.79 Å². The molecular formula is C17H26N2O2. The van der Waals surface area contributed by atoms with Gasteiger partial charge in [0.1, 0.15) is 0 Å². The highest BCUT2D eigenvalue weighted by molar-refractivity contribution is 5.74. The maximum Gasteiger partial charge on any atom is 0.315 e. The van der Waals surface area contributed by atoms with Gasteiger partial charge in [-0.1, -0.05) is 32.0 Å². The molecule has 1 aliphatic rings. The first-order valence-electron chi connectivity index (χ1n) is 7.89. The number of urea groups is 1. The van der Waals surface area contributed by atoms with Gasteiger partial charge in [-0.05, 0) is 48.3 Å². The molecule has 21 heavy (non-hydrogen) atoms. The van der Waals surface area contributed by atoms with E-state index in [0.717, 1.165) is 19.3 Å². The molecule has 0 saturated heterocycles. The molecule has 0 fully saturated rings. The molecule has 0 unspecified atom stereocenters. The molecule has 0 aliphatic heterocycles. The summed E-state index contributed by atoms with van der Waals surface area (Å²) in [6, 6.07) is 6.62. The van der Waals surface area contributed by atoms with Crippen molar-refractivity contribution in [3.05, 3.63) is 34.9 Å². The summed E-state index contributed by atoms with van der Waals surface area (Å²) in [5.74, 6) is 0.497. The van der Waals surface area contributed by atoms with Gasteiger partial charge in [0.25, 0.3) is 0 Å². The Hall–Kier alpha value is -1.55. The second kappa shape index (κ2) is 7.46. The van der Waals surface area contributed by atoms with Gasteiger partial charge in [0, 0.05) is 13.2 Å². The fraction of sp³-hybridized carbons (Fsp3) is 0.588. The number of aryl methyl sites for hydroxylation is 1. The molecule has 1 aromatic rings. The third-order valence-corrected chi connectivity index (χ3v) is 4.08. The largest absolute Gasteiger partial charge is 0.396 e. The summed E-state index contributed by atoms with van der Waals surface area (Å²) in [4.78, 5) is 11.9. The van der Waals surface area contributed by atoms with Crippen molar-refractivity contribution in [2.45, 2.75) is 51.5 Å². The fourth-order valence-corrected chi connectivity index (χ4v) is 2.82. The zero-order valence-electron chi connectivity index (χ0n) is 13.0. The van der Waals surface area contributed by atoms with Crippen LogP contribution in [-0.4, -0.2) is 24.3 Å². The molecule has 1 atom stereocenters. The van der Waals surface area contributed by atoms with Crippen LogP contribution in [0.3, 0.4) is 0 Å². The average molecular weight is 290 g/mol. The summed E-state index contributed by atoms with van der Waals surface area (Å²) < 4.78 is 0. The molecule has 1 aliphatic carbocycles. The Kier molecular flexibility index (Phi) is 5.62. The summed E-state index contributed by atoms with van der Waals surface area (Å²) in [6.07, 6.45) is 3.78. The number of fused-ring (bicyclic) bond motifs is 1. The number of aliphatic hydroxyl groups excluding tert-OH is 1. The topological polar surface area (TPSA) is 61.4 Å². The van der Waals surface area contributed by atoms with Crippen molar-refractivity contribution < 1.29 is 9.90 Å². The quantitative estimate of drug-likeness (QED) is 0.730. The van der Waals surface area contributed by atoms with Gasteiger partial charge in [0.2, 0.25) is 0 Å². The summed E-state index contributed by atoms with van der Waals surface area (Å²) in [5.41, 5.74) is 3.94. The molecule has 2 rings (SSSR count). The SMILES string of the molecule is CC(C)c1ccc2c(c1)[C@H](NC(=O)NCCCO)CCC2. The van der Waals surface area contributed by atoms with E-state index < -0.39 is 0 Å². The second-order valence-corrected chi connectivity index (χ2v) is 6.04. The van der Waals surface area contributed by atoms with Gasteiger partial charge in [-0.3, -0.25) is 0 Å². The number of hydrogen-bond acceptors (Lipinski definition) is 2. The van der Waals surface area contributed by atoms with Crippen LogP contribution < -0.4 is 10.6 Å². The van der Waals surface area contributed by atoms with Gasteiger partial charge >= 0.3 is 6.03 Å². The molecule has 0 heterocycles. The Morgan fingerprint density at radius 1 is 1.43 bits per heavy atom. The number of aliphatic hydroxyl groups is 1. The van der Waals surface area contributed by atoms with Crippen LogP contribution in [0.25, 0.3) is 0 Å². The van der Waals surface area contributed by atoms with Crippen molar-refractivity contribution in [2.75, 3.05) is 13.2 Å². The molecule has 0 radical (unpaired) electrons. The predicted molar refractivity (Wildman–Crippen MR) is 84.4 cm³/mol. The molecular weight excluding hydrogens is 264 g/mol. The minimum Gasteiger partial charge on any atom is -0.396 e. The minimum atomic E-state index is -0.142. The van der Waals surface area contributed by atoms with Gasteiger partial charge < -0.3 is 15.7 Å². The van der Waals surface area contributed by atoms with E-state index in [1.165, 1.54) is 16.7 Å². The Morgan fingerprint density at radius 3 is 2.95 bits per heavy atom. The number of carbonyl (C=O) groups excluding carboxylic acids is 1. The van der Waals surface area contributed by atoms with Crippen LogP contribution in [-0.2, 0) is 6.42 Å². The Morgan fingerprint density at radius 2 is 2.24 bits per heavy atom. The van der Waals surface area contributed by atoms with Crippen molar-refractivity contribution in [3.8, 4) is 0 Å². The highest BCUT2D eigenvalue weighted by atomic mass is 16.3. The smallest absolute Gasteiger partial charge is 0.315 e. The maximum atomic E-state index is 11.9. The first kappa shape index (κ1) is 15.8. The molecule has 4 heteroatoms. The number of carbonyl (C=O) groups is 1. The standard InChI is InChI=1S/C17H26N2O2/c1-12(2)14-8-7-13-5-3-6-16(15(13)11-14)19-17(21)18-9-4-10-20/h7-8,11-12,16,20H,3-6,9-10H2,1-2H3,(H2,18,19,21)/t16-/m1/s1. The van der Waals surface area contributed by atoms with E-state index in [4.69, 9.17) is 5.11 Å². The van der Waals surface area contributed by atoms with Crippen molar-refractivity contribution in [1.29, 1.82) is 0 Å². The third kappa shape index (κ3) is 4.21. The van der Waals surface area contributed by atoms with Crippen LogP contribution in [0.1, 0.15) is 61.8 Å². The van der Waals surface area contributed by atoms with Gasteiger partial charge in [-0.15, -0.1) is 0 Å². The molecule has 3 N–H and O–H groups in total. The van der Waals surface area contributed by atoms with Crippen LogP contribution in [0.5, 0.6) is 0 Å². The van der Waals surface area contributed by atoms with Crippen LogP contribution >= 0.6 is 0 Å². The monoisotopic (exact) mass is 290 g/mol. The average Bonchev–Trinajstić information content (AvgIpc) is 2.47. The lowest BCUT2D eigenvalue weighted by Crippen LogP contribution is -2.39. The minimum absolute atomic E-state index is 0.0987. The van der Waals surface area contributed by atoms with E-state index in [1.807, 2.05) is 0 Å². The summed E-state index contributed by atoms with van der Waals surface area (Å²) >= 11 is 0. The van der Waals surface area contributed by atoms with Crippen LogP contribution in [0, 0.1) is 0 Å². The van der Waals surface area contributed by atoms with Crippen molar-refractivity contribution >= 4 is 6.03 Å². The zero-order valence-corrected chi connectivity index (χ0v) is 13.0. The number of nitrogens with one attached hydrogen (secondary N) is 2. The van der Waals surface area contributed by atoms with E-state index in [1.54, 1.807) is 0 Å². The van der Waals surface area contributed by atoms with Gasteiger partial charge in [-0.2, -0.15) is 0 Å². The van der Waals surface area contributed by atoms with E-state index in [0.29, 0.717) is 18.9 Å². The number of rotatable bonds is 5. The van der Waals surface area contributed by atoms with Crippen molar-refractivity contribution in [1.82, 2.24) is 10.6 Å². The molecule has 1 aromatic carbocycles. The molecule has 116 valence electrons. The summed E-state index contributed by atoms with van der Waals surface area (Å²) in [5, 5.41) is 14.6. The van der Waals surface area contributed by atoms with Crippen LogP contribution in [0.2, 0.25) is 0 Å². The van der Waals surface area contributed by atoms with E-state index in [9.17, 15) is 4.79 Å². The molecule has 0 aromatic heterocycles. The van der Waals surface area contributed by atoms with Crippen molar-refractivity contribution in [3.63, 3.8) is 0 Å². The zero-order chi connectivity index (χ0) is 15.2. The van der Waals surface area contributed by atoms with Crippen LogP contribution in [0.4, 0.5) is 4.79 Å². The highest BCUT2D eigenvalue weighted by Crippen LogP contribution is 2.32. The molecule has 0 spiro atoms. The van der Waals surface area contributed by atoms with Gasteiger partial charge in [0.05, 0.1) is 6.04 Å². The Balaban J connectivity index is 2.06. The summed E-state index contributed by atoms with van der Waals surface area (Å²) in [6.45, 7) is 4.99. The first-order valence-corrected chi connectivity index (χ1v) is 7.89. The lowest BCUT2D eigenvalue weighted by atomic mass is 9.85. The fourth-order valence-electron chi connectivity index (χ4n) is 2.82. The third-order valence-electron chi connectivity index (χ3n) is 4.08. The lowest BCUT2D eigenvalue weighted by Gasteiger charge is -2.27.